The summed E-state index contributed by atoms with van der Waals surface area (Å²) >= 11 is 6.02. The minimum atomic E-state index is -4.34. The third-order valence-electron chi connectivity index (χ3n) is 3.79. The second kappa shape index (κ2) is 7.89. The smallest absolute Gasteiger partial charge is 0.326 e. The summed E-state index contributed by atoms with van der Waals surface area (Å²) in [6.07, 6.45) is -4.34. The van der Waals surface area contributed by atoms with Gasteiger partial charge in [0, 0.05) is 16.3 Å². The first-order valence-electron chi connectivity index (χ1n) is 7.69. The third-order valence-corrected chi connectivity index (χ3v) is 4.20. The normalized spacial score (nSPS) is 12.7. The van der Waals surface area contributed by atoms with Gasteiger partial charge in [-0.1, -0.05) is 29.8 Å². The topological polar surface area (TPSA) is 33.5 Å². The number of anilines is 1. The van der Waals surface area contributed by atoms with Gasteiger partial charge in [-0.25, -0.2) is 0 Å². The Hall–Kier alpha value is -2.05. The molecule has 134 valence electrons. The molecule has 3 nitrogen and oxygen atoms in total. The average molecular weight is 372 g/mol. The lowest BCUT2D eigenvalue weighted by Gasteiger charge is -2.15. The van der Waals surface area contributed by atoms with Crippen molar-refractivity contribution in [3.8, 4) is 0 Å². The first-order valence-corrected chi connectivity index (χ1v) is 8.07. The molecule has 7 heteroatoms. The molecule has 1 atom stereocenters. The Balaban J connectivity index is 1.92. The Bertz CT molecular complexity index is 745. The molecule has 2 rings (SSSR count). The lowest BCUT2D eigenvalue weighted by Crippen LogP contribution is -3.08. The van der Waals surface area contributed by atoms with Crippen LogP contribution >= 0.6 is 11.6 Å². The molecule has 0 spiro atoms. The summed E-state index contributed by atoms with van der Waals surface area (Å²) in [6.45, 7) is 2.45. The molecule has 0 aliphatic heterocycles. The number of likely N-dealkylation sites (N-methyl/N-ethyl adjacent to an activating group) is 1. The number of quaternary nitrogens is 1. The van der Waals surface area contributed by atoms with Crippen molar-refractivity contribution in [3.63, 3.8) is 0 Å². The summed E-state index contributed by atoms with van der Waals surface area (Å²) < 4.78 is 37.7. The molecule has 0 radical (unpaired) electrons. The molecule has 0 aliphatic rings. The van der Waals surface area contributed by atoms with E-state index in [-0.39, 0.29) is 12.5 Å². The van der Waals surface area contributed by atoms with Gasteiger partial charge in [0.1, 0.15) is 6.54 Å². The summed E-state index contributed by atoms with van der Waals surface area (Å²) in [5, 5.41) is 3.38. The number of carbonyl (C=O) groups excluding carboxylic acids is 1. The van der Waals surface area contributed by atoms with Crippen LogP contribution in [0.2, 0.25) is 5.02 Å². The van der Waals surface area contributed by atoms with Gasteiger partial charge in [-0.15, -0.1) is 0 Å². The summed E-state index contributed by atoms with van der Waals surface area (Å²) in [7, 11) is 1.81. The number of amides is 1. The molecule has 0 saturated heterocycles. The van der Waals surface area contributed by atoms with Gasteiger partial charge in [0.25, 0.3) is 5.91 Å². The molecule has 0 aliphatic carbocycles. The van der Waals surface area contributed by atoms with Gasteiger partial charge in [-0.2, -0.15) is 13.2 Å². The third kappa shape index (κ3) is 5.47. The van der Waals surface area contributed by atoms with Gasteiger partial charge in [0.05, 0.1) is 12.6 Å². The van der Waals surface area contributed by atoms with Crippen LogP contribution in [0, 0.1) is 6.92 Å². The van der Waals surface area contributed by atoms with E-state index in [0.29, 0.717) is 17.3 Å². The fraction of sp³-hybridized carbons (Fsp3) is 0.278. The van der Waals surface area contributed by atoms with Crippen molar-refractivity contribution in [2.45, 2.75) is 19.6 Å². The summed E-state index contributed by atoms with van der Waals surface area (Å²) in [6, 6.07) is 10.2. The average Bonchev–Trinajstić information content (AvgIpc) is 2.51. The number of halogens is 4. The van der Waals surface area contributed by atoms with Crippen LogP contribution < -0.4 is 10.2 Å². The summed E-state index contributed by atoms with van der Waals surface area (Å²) in [5.41, 5.74) is 1.50. The molecule has 25 heavy (non-hydrogen) atoms. The van der Waals surface area contributed by atoms with Crippen molar-refractivity contribution in [3.05, 3.63) is 64.2 Å². The van der Waals surface area contributed by atoms with E-state index in [1.165, 1.54) is 12.1 Å². The van der Waals surface area contributed by atoms with E-state index in [4.69, 9.17) is 11.6 Å². The van der Waals surface area contributed by atoms with Gasteiger partial charge in [0.2, 0.25) is 0 Å². The first kappa shape index (κ1) is 19.3. The standard InChI is InChI=1S/C18H18ClF3N2O/c1-12-15(19)4-3-5-16(12)23-17(25)11-24(2)10-13-6-8-14(9-7-13)18(20,21)22/h3-9H,10-11H2,1-2H3,(H,23,25)/p+1. The molecule has 2 N–H and O–H groups in total. The lowest BCUT2D eigenvalue weighted by molar-refractivity contribution is -0.885. The Kier molecular flexibility index (Phi) is 6.08. The van der Waals surface area contributed by atoms with Crippen LogP contribution in [0.1, 0.15) is 16.7 Å². The van der Waals surface area contributed by atoms with Crippen molar-refractivity contribution in [2.75, 3.05) is 18.9 Å². The minimum Gasteiger partial charge on any atom is -0.326 e. The lowest BCUT2D eigenvalue weighted by atomic mass is 10.1. The molecule has 0 saturated carbocycles. The zero-order chi connectivity index (χ0) is 18.6. The van der Waals surface area contributed by atoms with E-state index in [1.807, 2.05) is 14.0 Å². The largest absolute Gasteiger partial charge is 0.416 e. The van der Waals surface area contributed by atoms with E-state index in [9.17, 15) is 18.0 Å². The number of nitrogens with one attached hydrogen (secondary N) is 2. The predicted molar refractivity (Wildman–Crippen MR) is 91.7 cm³/mol. The van der Waals surface area contributed by atoms with E-state index in [0.717, 1.165) is 28.2 Å². The van der Waals surface area contributed by atoms with Crippen LogP contribution in [0.25, 0.3) is 0 Å². The molecule has 0 fully saturated rings. The molecule has 0 heterocycles. The number of carbonyl (C=O) groups is 1. The van der Waals surface area contributed by atoms with E-state index >= 15 is 0 Å². The number of hydrogen-bond acceptors (Lipinski definition) is 1. The maximum absolute atomic E-state index is 12.6. The highest BCUT2D eigenvalue weighted by Crippen LogP contribution is 2.29. The summed E-state index contributed by atoms with van der Waals surface area (Å²) in [4.78, 5) is 13.0. The van der Waals surface area contributed by atoms with Gasteiger partial charge in [-0.3, -0.25) is 4.79 Å². The predicted octanol–water partition coefficient (Wildman–Crippen LogP) is 3.32. The van der Waals surface area contributed by atoms with Gasteiger partial charge in [0.15, 0.2) is 6.54 Å². The Morgan fingerprint density at radius 2 is 1.80 bits per heavy atom. The molecule has 2 aromatic carbocycles. The molecule has 2 aromatic rings. The fourth-order valence-corrected chi connectivity index (χ4v) is 2.61. The van der Waals surface area contributed by atoms with Crippen molar-refractivity contribution in [2.24, 2.45) is 0 Å². The van der Waals surface area contributed by atoms with Crippen molar-refractivity contribution >= 4 is 23.2 Å². The Morgan fingerprint density at radius 1 is 1.16 bits per heavy atom. The van der Waals surface area contributed by atoms with Crippen LogP contribution in [0.5, 0.6) is 0 Å². The van der Waals surface area contributed by atoms with Crippen molar-refractivity contribution in [1.82, 2.24) is 0 Å². The van der Waals surface area contributed by atoms with Crippen LogP contribution in [0.3, 0.4) is 0 Å². The van der Waals surface area contributed by atoms with Gasteiger partial charge >= 0.3 is 6.18 Å². The Labute approximate surface area is 149 Å². The maximum Gasteiger partial charge on any atom is 0.416 e. The second-order valence-corrected chi connectivity index (χ2v) is 6.37. The molecular weight excluding hydrogens is 353 g/mol. The highest BCUT2D eigenvalue weighted by atomic mass is 35.5. The quantitative estimate of drug-likeness (QED) is 0.830. The number of rotatable bonds is 5. The molecule has 0 aromatic heterocycles. The van der Waals surface area contributed by atoms with Crippen LogP contribution in [0.4, 0.5) is 18.9 Å². The fourth-order valence-electron chi connectivity index (χ4n) is 2.43. The molecular formula is C18H19ClF3N2O+. The highest BCUT2D eigenvalue weighted by Gasteiger charge is 2.30. The number of alkyl halides is 3. The monoisotopic (exact) mass is 371 g/mol. The van der Waals surface area contributed by atoms with Crippen molar-refractivity contribution in [1.29, 1.82) is 0 Å². The zero-order valence-corrected chi connectivity index (χ0v) is 14.6. The van der Waals surface area contributed by atoms with Crippen LogP contribution in [-0.4, -0.2) is 19.5 Å². The SMILES string of the molecule is Cc1c(Cl)cccc1NC(=O)C[NH+](C)Cc1ccc(C(F)(F)F)cc1. The second-order valence-electron chi connectivity index (χ2n) is 5.97. The van der Waals surface area contributed by atoms with Crippen LogP contribution in [0.15, 0.2) is 42.5 Å². The first-order chi connectivity index (χ1) is 11.7. The van der Waals surface area contributed by atoms with E-state index < -0.39 is 11.7 Å². The van der Waals surface area contributed by atoms with Crippen molar-refractivity contribution < 1.29 is 22.9 Å². The Morgan fingerprint density at radius 3 is 2.40 bits per heavy atom. The highest BCUT2D eigenvalue weighted by molar-refractivity contribution is 6.31. The molecule has 1 unspecified atom stereocenters. The number of hydrogen-bond donors (Lipinski definition) is 2. The zero-order valence-electron chi connectivity index (χ0n) is 13.9. The minimum absolute atomic E-state index is 0.185. The van der Waals surface area contributed by atoms with E-state index in [2.05, 4.69) is 5.32 Å². The van der Waals surface area contributed by atoms with Gasteiger partial charge < -0.3 is 10.2 Å². The summed E-state index contributed by atoms with van der Waals surface area (Å²) in [5.74, 6) is -0.185. The number of benzene rings is 2. The molecule has 1 amide bonds. The maximum atomic E-state index is 12.6. The van der Waals surface area contributed by atoms with Crippen LogP contribution in [-0.2, 0) is 17.5 Å². The van der Waals surface area contributed by atoms with E-state index in [1.54, 1.807) is 18.2 Å². The van der Waals surface area contributed by atoms with Gasteiger partial charge in [-0.05, 0) is 36.8 Å². The molecule has 0 bridgehead atoms.